The summed E-state index contributed by atoms with van der Waals surface area (Å²) in [6, 6.07) is -0.115. The van der Waals surface area contributed by atoms with E-state index in [-0.39, 0.29) is 37.5 Å². The summed E-state index contributed by atoms with van der Waals surface area (Å²) in [6.45, 7) is 5.17. The second-order valence-corrected chi connectivity index (χ2v) is 23.1. The quantitative estimate of drug-likeness (QED) is 0.0261. The van der Waals surface area contributed by atoms with Crippen LogP contribution in [0.3, 0.4) is 0 Å². The number of ether oxygens (including phenoxy) is 2. The molecule has 14 heteroatoms. The Labute approximate surface area is 415 Å². The maximum absolute atomic E-state index is 11.9. The summed E-state index contributed by atoms with van der Waals surface area (Å²) < 4.78 is 56.9. The van der Waals surface area contributed by atoms with E-state index in [1.54, 1.807) is 0 Å². The van der Waals surface area contributed by atoms with Gasteiger partial charge in [0.15, 0.2) is 5.79 Å². The van der Waals surface area contributed by atoms with Crippen LogP contribution < -0.4 is 10.6 Å². The number of nitrogens with one attached hydrogen (secondary N) is 2. The van der Waals surface area contributed by atoms with Crippen molar-refractivity contribution in [3.05, 3.63) is 48.6 Å². The minimum absolute atomic E-state index is 0.00268. The molecule has 2 saturated carbocycles. The molecular weight excluding hydrogens is 899 g/mol. The van der Waals surface area contributed by atoms with E-state index in [0.29, 0.717) is 31.3 Å². The van der Waals surface area contributed by atoms with Crippen LogP contribution in [0.1, 0.15) is 219 Å². The Hall–Kier alpha value is -0.980. The monoisotopic (exact) mass is 999 g/mol. The third kappa shape index (κ3) is 27.2. The Morgan fingerprint density at radius 3 is 1.24 bits per heavy atom. The number of rotatable bonds is 42. The number of allylic oxidation sites excluding steroid dienone is 8. The predicted octanol–water partition coefficient (Wildman–Crippen LogP) is 14.7. The first-order valence-electron chi connectivity index (χ1n) is 27.5. The van der Waals surface area contributed by atoms with Crippen LogP contribution in [0.25, 0.3) is 0 Å². The molecule has 1 aliphatic heterocycles. The summed E-state index contributed by atoms with van der Waals surface area (Å²) >= 11 is 0. The minimum atomic E-state index is -4.08. The van der Waals surface area contributed by atoms with Crippen molar-refractivity contribution < 1.29 is 46.5 Å². The van der Waals surface area contributed by atoms with Crippen LogP contribution in [0.4, 0.5) is 0 Å². The Bertz CT molecular complexity index is 1390. The number of phosphoric acid groups is 2. The van der Waals surface area contributed by atoms with Crippen LogP contribution in [0.15, 0.2) is 48.6 Å². The number of unbranched alkanes of at least 4 members (excludes halogenated alkanes) is 18. The second-order valence-electron chi connectivity index (χ2n) is 20.0. The molecule has 0 aromatic rings. The van der Waals surface area contributed by atoms with Gasteiger partial charge >= 0.3 is 15.6 Å². The van der Waals surface area contributed by atoms with Crippen molar-refractivity contribution in [2.45, 2.75) is 249 Å². The summed E-state index contributed by atoms with van der Waals surface area (Å²) in [5.74, 6) is -0.576. The number of fused-ring (bicyclic) bond motifs is 1. The van der Waals surface area contributed by atoms with Crippen molar-refractivity contribution in [3.63, 3.8) is 0 Å². The van der Waals surface area contributed by atoms with Gasteiger partial charge in [0.2, 0.25) is 0 Å². The van der Waals surface area contributed by atoms with Gasteiger partial charge in [0.05, 0.1) is 25.4 Å². The normalized spacial score (nSPS) is 23.4. The third-order valence-corrected chi connectivity index (χ3v) is 16.4. The van der Waals surface area contributed by atoms with Gasteiger partial charge in [-0.1, -0.05) is 152 Å². The third-order valence-electron chi connectivity index (χ3n) is 14.5. The Morgan fingerprint density at radius 2 is 0.868 bits per heavy atom. The second kappa shape index (κ2) is 36.9. The van der Waals surface area contributed by atoms with Crippen molar-refractivity contribution in [1.82, 2.24) is 10.6 Å². The summed E-state index contributed by atoms with van der Waals surface area (Å²) in [5.41, 5.74) is 0.340. The fourth-order valence-electron chi connectivity index (χ4n) is 10.3. The van der Waals surface area contributed by atoms with E-state index >= 15 is 0 Å². The lowest BCUT2D eigenvalue weighted by Gasteiger charge is -2.44. The van der Waals surface area contributed by atoms with E-state index in [1.165, 1.54) is 154 Å². The molecule has 68 heavy (non-hydrogen) atoms. The molecule has 1 spiro atoms. The zero-order chi connectivity index (χ0) is 49.1. The van der Waals surface area contributed by atoms with Gasteiger partial charge in [-0.3, -0.25) is 18.1 Å². The highest BCUT2D eigenvalue weighted by molar-refractivity contribution is 7.47. The summed E-state index contributed by atoms with van der Waals surface area (Å²) in [6.07, 6.45) is 57.2. The molecular formula is C54H100N2O10P2. The van der Waals surface area contributed by atoms with Crippen LogP contribution in [0.5, 0.6) is 0 Å². The Balaban J connectivity index is 1.49. The van der Waals surface area contributed by atoms with E-state index in [0.717, 1.165) is 52.7 Å². The molecule has 2 aliphatic carbocycles. The molecule has 0 aromatic heterocycles. The fourth-order valence-corrected chi connectivity index (χ4v) is 11.2. The van der Waals surface area contributed by atoms with Crippen molar-refractivity contribution in [2.75, 3.05) is 40.5 Å². The molecule has 0 aromatic carbocycles. The minimum Gasteiger partial charge on any atom is -0.344 e. The predicted molar refractivity (Wildman–Crippen MR) is 280 cm³/mol. The molecule has 12 nitrogen and oxygen atoms in total. The molecule has 3 aliphatic rings. The van der Waals surface area contributed by atoms with Gasteiger partial charge in [0.25, 0.3) is 0 Å². The molecule has 396 valence electrons. The zero-order valence-corrected chi connectivity index (χ0v) is 45.2. The highest BCUT2D eigenvalue weighted by atomic mass is 31.2. The number of hydrogen-bond donors (Lipinski definition) is 4. The topological polar surface area (TPSA) is 154 Å². The van der Waals surface area contributed by atoms with Crippen molar-refractivity contribution in [1.29, 1.82) is 0 Å². The van der Waals surface area contributed by atoms with E-state index < -0.39 is 21.4 Å². The molecule has 1 saturated heterocycles. The molecule has 2 unspecified atom stereocenters. The fraction of sp³-hybridized carbons (Fsp3) is 0.852. The van der Waals surface area contributed by atoms with Crippen LogP contribution in [-0.4, -0.2) is 80.4 Å². The highest BCUT2D eigenvalue weighted by Gasteiger charge is 2.54. The molecule has 3 fully saturated rings. The Morgan fingerprint density at radius 1 is 0.515 bits per heavy atom. The van der Waals surface area contributed by atoms with E-state index in [2.05, 4.69) is 82.1 Å². The lowest BCUT2D eigenvalue weighted by atomic mass is 9.66. The molecule has 0 amide bonds. The summed E-state index contributed by atoms with van der Waals surface area (Å²) in [4.78, 5) is 19.4. The Kier molecular flexibility index (Phi) is 33.2. The lowest BCUT2D eigenvalue weighted by molar-refractivity contribution is -0.208. The molecule has 0 radical (unpaired) electrons. The largest absolute Gasteiger partial charge is 0.471 e. The first-order chi connectivity index (χ1) is 33.0. The van der Waals surface area contributed by atoms with Gasteiger partial charge < -0.3 is 29.9 Å². The van der Waals surface area contributed by atoms with Crippen molar-refractivity contribution in [2.24, 2.45) is 5.41 Å². The molecule has 0 bridgehead atoms. The number of phosphoric ester groups is 2. The molecule has 6 atom stereocenters. The van der Waals surface area contributed by atoms with Crippen LogP contribution in [0.2, 0.25) is 0 Å². The smallest absolute Gasteiger partial charge is 0.344 e. The zero-order valence-electron chi connectivity index (χ0n) is 43.4. The average molecular weight is 999 g/mol. The first-order valence-corrected chi connectivity index (χ1v) is 30.5. The average Bonchev–Trinajstić information content (AvgIpc) is 3.68. The maximum atomic E-state index is 11.9. The number of hydrogen-bond acceptors (Lipinski definition) is 10. The van der Waals surface area contributed by atoms with Gasteiger partial charge in [0.1, 0.15) is 0 Å². The molecule has 4 N–H and O–H groups in total. The first kappa shape index (κ1) is 61.3. The summed E-state index contributed by atoms with van der Waals surface area (Å²) in [7, 11) is -5.88. The van der Waals surface area contributed by atoms with Gasteiger partial charge in [-0.15, -0.1) is 0 Å². The van der Waals surface area contributed by atoms with E-state index in [1.807, 2.05) is 0 Å². The van der Waals surface area contributed by atoms with Crippen LogP contribution in [0, 0.1) is 5.41 Å². The molecule has 1 heterocycles. The standard InChI is InChI=1S/C54H100N2O10P2/c1-5-7-9-11-13-15-17-19-21-23-25-27-29-31-33-35-37-53(38-36-34-32-30-28-26-24-22-20-18-16-14-12-10-8-6-2)39-41-54(42-40-53)65-51-47-49(55-43-45-63-67(57,58)61-3)50(48-52(51)66-54)56-44-46-64-68(59,60)62-4/h13-16,19-22,49-52,55-56H,5-12,17-18,23-48H2,1-4H3,(H,57,58)(H,59,60)/b15-13-,16-14-,21-19-,22-20-/t49-,50+,51-,52-/m0/s1. The van der Waals surface area contributed by atoms with E-state index in [9.17, 15) is 18.9 Å². The highest BCUT2D eigenvalue weighted by Crippen LogP contribution is 2.53. The van der Waals surface area contributed by atoms with Crippen molar-refractivity contribution >= 4 is 15.6 Å². The van der Waals surface area contributed by atoms with Gasteiger partial charge in [0, 0.05) is 52.2 Å². The van der Waals surface area contributed by atoms with Gasteiger partial charge in [-0.25, -0.2) is 9.13 Å². The van der Waals surface area contributed by atoms with E-state index in [4.69, 9.17) is 18.5 Å². The summed E-state index contributed by atoms with van der Waals surface area (Å²) in [5, 5.41) is 6.98. The van der Waals surface area contributed by atoms with Crippen LogP contribution in [-0.2, 0) is 36.7 Å². The lowest BCUT2D eigenvalue weighted by Crippen LogP contribution is -2.57. The van der Waals surface area contributed by atoms with Crippen molar-refractivity contribution in [3.8, 4) is 0 Å². The SMILES string of the molecule is CCCCC/C=C\C/C=C\CCCCCCCCC1(CCCCCCCC/C=C\C/C=C\CCCCC)CCC2(CC1)O[C@H]1C[C@H](NCCOP(=O)(O)OC)[C@H](NCCOP(=O)(O)OC)C[C@@H]1O2. The van der Waals surface area contributed by atoms with Gasteiger partial charge in [-0.2, -0.15) is 0 Å². The van der Waals surface area contributed by atoms with Crippen LogP contribution >= 0.6 is 15.6 Å². The van der Waals surface area contributed by atoms with Gasteiger partial charge in [-0.05, 0) is 108 Å². The maximum Gasteiger partial charge on any atom is 0.471 e. The molecule has 3 rings (SSSR count).